The maximum Gasteiger partial charge on any atom is 0.307 e. The number of benzene rings is 2. The van der Waals surface area contributed by atoms with E-state index in [0.29, 0.717) is 22.1 Å². The zero-order valence-electron chi connectivity index (χ0n) is 17.3. The molecule has 0 saturated carbocycles. The van der Waals surface area contributed by atoms with Crippen molar-refractivity contribution in [3.63, 3.8) is 0 Å². The van der Waals surface area contributed by atoms with Gasteiger partial charge in [-0.2, -0.15) is 0 Å². The van der Waals surface area contributed by atoms with E-state index >= 15 is 0 Å². The minimum Gasteiger partial charge on any atom is -0.481 e. The van der Waals surface area contributed by atoms with Crippen molar-refractivity contribution in [3.8, 4) is 0 Å². The number of carboxylic acids is 1. The van der Waals surface area contributed by atoms with Crippen LogP contribution in [0.5, 0.6) is 0 Å². The summed E-state index contributed by atoms with van der Waals surface area (Å²) in [6.45, 7) is 1.99. The Kier molecular flexibility index (Phi) is 7.56. The third-order valence-electron chi connectivity index (χ3n) is 4.67. The van der Waals surface area contributed by atoms with Gasteiger partial charge < -0.3 is 10.4 Å². The van der Waals surface area contributed by atoms with Crippen LogP contribution >= 0.6 is 11.8 Å². The number of hydrogen-bond acceptors (Lipinski definition) is 5. The van der Waals surface area contributed by atoms with Crippen molar-refractivity contribution in [1.82, 2.24) is 9.97 Å². The Hall–Kier alpha value is -3.45. The van der Waals surface area contributed by atoms with Crippen molar-refractivity contribution in [3.05, 3.63) is 89.4 Å². The molecule has 1 atom stereocenters. The highest BCUT2D eigenvalue weighted by Crippen LogP contribution is 2.26. The van der Waals surface area contributed by atoms with E-state index in [9.17, 15) is 9.59 Å². The number of aliphatic carboxylic acids is 1. The van der Waals surface area contributed by atoms with Crippen molar-refractivity contribution in [2.24, 2.45) is 0 Å². The molecule has 158 valence electrons. The van der Waals surface area contributed by atoms with Gasteiger partial charge >= 0.3 is 5.97 Å². The van der Waals surface area contributed by atoms with Gasteiger partial charge in [0.25, 0.3) is 0 Å². The summed E-state index contributed by atoms with van der Waals surface area (Å²) in [6, 6.07) is 17.2. The predicted octanol–water partition coefficient (Wildman–Crippen LogP) is 4.63. The molecular weight excluding hydrogens is 410 g/mol. The number of rotatable bonds is 8. The van der Waals surface area contributed by atoms with Crippen LogP contribution in [0.4, 0.5) is 5.69 Å². The molecule has 2 aromatic carbocycles. The SMILES string of the molecule is CSc1nc(C(C)c2ccc(NC(=O)/C=C/c3ccccc3)cc2)ncc1CC(=O)O. The first-order valence-corrected chi connectivity index (χ1v) is 10.9. The monoisotopic (exact) mass is 433 g/mol. The predicted molar refractivity (Wildman–Crippen MR) is 123 cm³/mol. The molecule has 3 rings (SSSR count). The average molecular weight is 434 g/mol. The second-order valence-electron chi connectivity index (χ2n) is 6.91. The van der Waals surface area contributed by atoms with Gasteiger partial charge in [0, 0.05) is 29.4 Å². The largest absolute Gasteiger partial charge is 0.481 e. The van der Waals surface area contributed by atoms with Gasteiger partial charge in [-0.1, -0.05) is 49.4 Å². The van der Waals surface area contributed by atoms with Crippen LogP contribution in [0.1, 0.15) is 35.4 Å². The molecule has 0 fully saturated rings. The second kappa shape index (κ2) is 10.5. The smallest absolute Gasteiger partial charge is 0.307 e. The number of carbonyl (C=O) groups is 2. The van der Waals surface area contributed by atoms with Crippen LogP contribution in [0.3, 0.4) is 0 Å². The Morgan fingerprint density at radius 2 is 1.84 bits per heavy atom. The highest BCUT2D eigenvalue weighted by Gasteiger charge is 2.16. The maximum atomic E-state index is 12.1. The van der Waals surface area contributed by atoms with Gasteiger partial charge in [0.15, 0.2) is 0 Å². The molecule has 0 radical (unpaired) electrons. The van der Waals surface area contributed by atoms with Gasteiger partial charge in [0.1, 0.15) is 10.9 Å². The molecule has 3 aromatic rings. The molecule has 0 bridgehead atoms. The Labute approximate surface area is 185 Å². The first-order valence-electron chi connectivity index (χ1n) is 9.72. The van der Waals surface area contributed by atoms with E-state index in [1.807, 2.05) is 67.8 Å². The lowest BCUT2D eigenvalue weighted by atomic mass is 10.00. The van der Waals surface area contributed by atoms with Gasteiger partial charge in [-0.15, -0.1) is 11.8 Å². The molecule has 1 heterocycles. The molecule has 1 unspecified atom stereocenters. The summed E-state index contributed by atoms with van der Waals surface area (Å²) in [7, 11) is 0. The van der Waals surface area contributed by atoms with Crippen molar-refractivity contribution < 1.29 is 14.7 Å². The lowest BCUT2D eigenvalue weighted by Crippen LogP contribution is -2.09. The van der Waals surface area contributed by atoms with Crippen molar-refractivity contribution in [1.29, 1.82) is 0 Å². The van der Waals surface area contributed by atoms with E-state index < -0.39 is 5.97 Å². The van der Waals surface area contributed by atoms with Gasteiger partial charge in [-0.25, -0.2) is 9.97 Å². The molecular formula is C24H23N3O3S. The molecule has 7 heteroatoms. The lowest BCUT2D eigenvalue weighted by molar-refractivity contribution is -0.136. The molecule has 6 nitrogen and oxygen atoms in total. The molecule has 31 heavy (non-hydrogen) atoms. The summed E-state index contributed by atoms with van der Waals surface area (Å²) in [5, 5.41) is 12.5. The molecule has 1 aromatic heterocycles. The van der Waals surface area contributed by atoms with Crippen LogP contribution in [0.25, 0.3) is 6.08 Å². The summed E-state index contributed by atoms with van der Waals surface area (Å²) >= 11 is 1.41. The van der Waals surface area contributed by atoms with Crippen LogP contribution in [-0.4, -0.2) is 33.2 Å². The Balaban J connectivity index is 1.67. The van der Waals surface area contributed by atoms with Crippen LogP contribution in [0.2, 0.25) is 0 Å². The number of carbonyl (C=O) groups excluding carboxylic acids is 1. The van der Waals surface area contributed by atoms with E-state index in [1.165, 1.54) is 17.8 Å². The van der Waals surface area contributed by atoms with Gasteiger partial charge in [0.05, 0.1) is 6.42 Å². The van der Waals surface area contributed by atoms with Crippen LogP contribution < -0.4 is 5.32 Å². The number of nitrogens with zero attached hydrogens (tertiary/aromatic N) is 2. The highest BCUT2D eigenvalue weighted by atomic mass is 32.2. The summed E-state index contributed by atoms with van der Waals surface area (Å²) in [5.41, 5.74) is 3.26. The summed E-state index contributed by atoms with van der Waals surface area (Å²) < 4.78 is 0. The average Bonchev–Trinajstić information content (AvgIpc) is 2.78. The van der Waals surface area contributed by atoms with Crippen LogP contribution in [0.15, 0.2) is 71.9 Å². The summed E-state index contributed by atoms with van der Waals surface area (Å²) in [5.74, 6) is -0.559. The highest BCUT2D eigenvalue weighted by molar-refractivity contribution is 7.98. The fourth-order valence-corrected chi connectivity index (χ4v) is 3.57. The number of anilines is 1. The molecule has 0 aliphatic rings. The minimum absolute atomic E-state index is 0.0764. The number of nitrogens with one attached hydrogen (secondary N) is 1. The topological polar surface area (TPSA) is 92.2 Å². The lowest BCUT2D eigenvalue weighted by Gasteiger charge is -2.14. The normalized spacial score (nSPS) is 11.9. The number of amides is 1. The molecule has 0 spiro atoms. The van der Waals surface area contributed by atoms with Crippen LogP contribution in [0, 0.1) is 0 Å². The van der Waals surface area contributed by atoms with Gasteiger partial charge in [-0.3, -0.25) is 9.59 Å². The number of carboxylic acid groups (broad SMARTS) is 1. The first-order chi connectivity index (χ1) is 15.0. The molecule has 0 aliphatic carbocycles. The quantitative estimate of drug-likeness (QED) is 0.306. The van der Waals surface area contributed by atoms with Gasteiger partial charge in [-0.05, 0) is 35.6 Å². The fraction of sp³-hybridized carbons (Fsp3) is 0.167. The van der Waals surface area contributed by atoms with E-state index in [2.05, 4.69) is 15.3 Å². The molecule has 0 aliphatic heterocycles. The zero-order chi connectivity index (χ0) is 22.2. The van der Waals surface area contributed by atoms with E-state index in [0.717, 1.165) is 11.1 Å². The minimum atomic E-state index is -0.907. The first kappa shape index (κ1) is 22.2. The summed E-state index contributed by atoms with van der Waals surface area (Å²) in [4.78, 5) is 32.1. The number of hydrogen-bond donors (Lipinski definition) is 2. The summed E-state index contributed by atoms with van der Waals surface area (Å²) in [6.07, 6.45) is 6.62. The van der Waals surface area contributed by atoms with E-state index in [1.54, 1.807) is 12.3 Å². The number of aromatic nitrogens is 2. The van der Waals surface area contributed by atoms with Crippen molar-refractivity contribution in [2.45, 2.75) is 24.3 Å². The van der Waals surface area contributed by atoms with Crippen molar-refractivity contribution >= 4 is 35.4 Å². The molecule has 2 N–H and O–H groups in total. The fourth-order valence-electron chi connectivity index (χ4n) is 3.00. The van der Waals surface area contributed by atoms with E-state index in [-0.39, 0.29) is 18.2 Å². The zero-order valence-corrected chi connectivity index (χ0v) is 18.1. The molecule has 0 saturated heterocycles. The maximum absolute atomic E-state index is 12.1. The third-order valence-corrected chi connectivity index (χ3v) is 5.41. The standard InChI is InChI=1S/C24H23N3O3S/c1-16(23-25-15-19(14-22(29)30)24(27-23)31-2)18-9-11-20(12-10-18)26-21(28)13-8-17-6-4-3-5-7-17/h3-13,15-16H,14H2,1-2H3,(H,26,28)(H,29,30)/b13-8+. The second-order valence-corrected chi connectivity index (χ2v) is 7.71. The van der Waals surface area contributed by atoms with Crippen LogP contribution in [-0.2, 0) is 16.0 Å². The number of thioether (sulfide) groups is 1. The Morgan fingerprint density at radius 3 is 2.48 bits per heavy atom. The Bertz CT molecular complexity index is 1080. The Morgan fingerprint density at radius 1 is 1.13 bits per heavy atom. The third kappa shape index (κ3) is 6.26. The molecule has 1 amide bonds. The van der Waals surface area contributed by atoms with Gasteiger partial charge in [0.2, 0.25) is 5.91 Å². The van der Waals surface area contributed by atoms with Crippen molar-refractivity contribution in [2.75, 3.05) is 11.6 Å². The van der Waals surface area contributed by atoms with E-state index in [4.69, 9.17) is 5.11 Å².